The number of aryl methyl sites for hydroxylation is 1. The number of hydrogen-bond donors (Lipinski definition) is 0. The minimum atomic E-state index is 0.0364. The highest BCUT2D eigenvalue weighted by molar-refractivity contribution is 5.98. The van der Waals surface area contributed by atoms with Gasteiger partial charge in [-0.3, -0.25) is 4.79 Å². The number of carbonyl (C=O) groups is 1. The number of ketones is 1. The van der Waals surface area contributed by atoms with Crippen molar-refractivity contribution in [3.63, 3.8) is 0 Å². The van der Waals surface area contributed by atoms with Crippen LogP contribution in [0, 0.1) is 5.92 Å². The van der Waals surface area contributed by atoms with E-state index in [9.17, 15) is 4.79 Å². The van der Waals surface area contributed by atoms with Crippen molar-refractivity contribution in [1.82, 2.24) is 0 Å². The molecule has 3 heteroatoms. The summed E-state index contributed by atoms with van der Waals surface area (Å²) in [6.07, 6.45) is 7.67. The second kappa shape index (κ2) is 4.54. The average Bonchev–Trinajstić information content (AvgIpc) is 2.84. The number of furan rings is 1. The van der Waals surface area contributed by atoms with Crippen LogP contribution in [0.2, 0.25) is 0 Å². The second-order valence-electron chi connectivity index (χ2n) is 5.55. The van der Waals surface area contributed by atoms with Crippen LogP contribution in [-0.2, 0) is 11.2 Å². The summed E-state index contributed by atoms with van der Waals surface area (Å²) in [6.45, 7) is 2.75. The minimum absolute atomic E-state index is 0.0364. The number of hydrogen-bond acceptors (Lipinski definition) is 3. The molecule has 1 atom stereocenters. The van der Waals surface area contributed by atoms with Gasteiger partial charge in [-0.15, -0.1) is 0 Å². The molecule has 1 aromatic heterocycles. The minimum Gasteiger partial charge on any atom is -0.469 e. The normalized spacial score (nSPS) is 25.9. The van der Waals surface area contributed by atoms with E-state index in [4.69, 9.17) is 9.15 Å². The van der Waals surface area contributed by atoms with Gasteiger partial charge in [0.1, 0.15) is 5.76 Å². The maximum atomic E-state index is 12.6. The summed E-state index contributed by atoms with van der Waals surface area (Å²) in [4.78, 5) is 12.6. The summed E-state index contributed by atoms with van der Waals surface area (Å²) in [5.74, 6) is 1.21. The van der Waals surface area contributed by atoms with Crippen LogP contribution in [0.25, 0.3) is 0 Å². The van der Waals surface area contributed by atoms with Gasteiger partial charge in [0.25, 0.3) is 0 Å². The van der Waals surface area contributed by atoms with Gasteiger partial charge in [-0.1, -0.05) is 6.92 Å². The Morgan fingerprint density at radius 3 is 3.00 bits per heavy atom. The van der Waals surface area contributed by atoms with Gasteiger partial charge in [-0.2, -0.15) is 0 Å². The first-order valence-corrected chi connectivity index (χ1v) is 6.99. The zero-order valence-electron chi connectivity index (χ0n) is 10.9. The molecule has 3 nitrogen and oxygen atoms in total. The van der Waals surface area contributed by atoms with E-state index in [1.165, 1.54) is 6.42 Å². The van der Waals surface area contributed by atoms with Crippen molar-refractivity contribution in [3.05, 3.63) is 23.7 Å². The highest BCUT2D eigenvalue weighted by Crippen LogP contribution is 2.45. The molecule has 1 aromatic rings. The summed E-state index contributed by atoms with van der Waals surface area (Å²) in [5, 5.41) is 0. The molecule has 2 heterocycles. The molecule has 98 valence electrons. The number of rotatable bonds is 3. The topological polar surface area (TPSA) is 39.4 Å². The Balaban J connectivity index is 1.76. The molecular formula is C15H20O3. The van der Waals surface area contributed by atoms with Gasteiger partial charge in [0.15, 0.2) is 5.78 Å². The molecule has 0 aromatic carbocycles. The molecule has 0 radical (unpaired) electrons. The van der Waals surface area contributed by atoms with Gasteiger partial charge in [0, 0.05) is 18.9 Å². The summed E-state index contributed by atoms with van der Waals surface area (Å²) in [6, 6.07) is 1.82. The van der Waals surface area contributed by atoms with Crippen molar-refractivity contribution < 1.29 is 13.9 Å². The van der Waals surface area contributed by atoms with Crippen LogP contribution in [-0.4, -0.2) is 18.0 Å². The molecule has 18 heavy (non-hydrogen) atoms. The predicted molar refractivity (Wildman–Crippen MR) is 67.7 cm³/mol. The first-order chi connectivity index (χ1) is 8.74. The summed E-state index contributed by atoms with van der Waals surface area (Å²) in [7, 11) is 0. The van der Waals surface area contributed by atoms with Gasteiger partial charge >= 0.3 is 0 Å². The molecule has 2 fully saturated rings. The zero-order valence-corrected chi connectivity index (χ0v) is 10.9. The smallest absolute Gasteiger partial charge is 0.169 e. The van der Waals surface area contributed by atoms with Gasteiger partial charge < -0.3 is 9.15 Å². The largest absolute Gasteiger partial charge is 0.469 e. The van der Waals surface area contributed by atoms with E-state index in [2.05, 4.69) is 0 Å². The van der Waals surface area contributed by atoms with E-state index in [1.807, 2.05) is 13.0 Å². The van der Waals surface area contributed by atoms with E-state index >= 15 is 0 Å². The molecule has 0 bridgehead atoms. The quantitative estimate of drug-likeness (QED) is 0.770. The van der Waals surface area contributed by atoms with Crippen LogP contribution in [0.4, 0.5) is 0 Å². The van der Waals surface area contributed by atoms with Crippen LogP contribution in [0.15, 0.2) is 16.7 Å². The van der Waals surface area contributed by atoms with Gasteiger partial charge in [-0.25, -0.2) is 0 Å². The van der Waals surface area contributed by atoms with Crippen molar-refractivity contribution >= 4 is 5.78 Å². The molecule has 1 unspecified atom stereocenters. The number of Topliss-reactive ketones (excluding diaryl/α,β-unsaturated/α-hetero) is 1. The maximum absolute atomic E-state index is 12.6. The van der Waals surface area contributed by atoms with Crippen molar-refractivity contribution in [2.75, 3.05) is 6.61 Å². The van der Waals surface area contributed by atoms with E-state index in [1.54, 1.807) is 6.26 Å². The first kappa shape index (κ1) is 12.0. The second-order valence-corrected chi connectivity index (χ2v) is 5.55. The zero-order chi connectivity index (χ0) is 12.6. The standard InChI is InChI=1S/C15H20O3/c1-2-13-12(5-8-17-13)14(16)11-4-9-18-15(10-11)6-3-7-15/h5,8,11H,2-4,6-7,9-10H2,1H3. The highest BCUT2D eigenvalue weighted by Gasteiger charge is 2.44. The molecule has 1 aliphatic heterocycles. The number of ether oxygens (including phenoxy) is 1. The van der Waals surface area contributed by atoms with Crippen LogP contribution in [0.3, 0.4) is 0 Å². The van der Waals surface area contributed by atoms with Crippen molar-refractivity contribution in [2.24, 2.45) is 5.92 Å². The van der Waals surface area contributed by atoms with Gasteiger partial charge in [-0.05, 0) is 38.2 Å². The summed E-state index contributed by atoms with van der Waals surface area (Å²) < 4.78 is 11.2. The molecule has 0 N–H and O–H groups in total. The Morgan fingerprint density at radius 2 is 2.33 bits per heavy atom. The molecule has 1 saturated carbocycles. The van der Waals surface area contributed by atoms with Crippen molar-refractivity contribution in [1.29, 1.82) is 0 Å². The lowest BCUT2D eigenvalue weighted by molar-refractivity contribution is -0.137. The highest BCUT2D eigenvalue weighted by atomic mass is 16.5. The monoisotopic (exact) mass is 248 g/mol. The van der Waals surface area contributed by atoms with Crippen molar-refractivity contribution in [2.45, 2.75) is 51.0 Å². The maximum Gasteiger partial charge on any atom is 0.169 e. The third kappa shape index (κ3) is 1.91. The van der Waals surface area contributed by atoms with Crippen LogP contribution in [0.1, 0.15) is 55.1 Å². The van der Waals surface area contributed by atoms with Crippen LogP contribution >= 0.6 is 0 Å². The SMILES string of the molecule is CCc1occc1C(=O)C1CCOC2(CCC2)C1. The number of carbonyl (C=O) groups excluding carboxylic acids is 1. The fourth-order valence-corrected chi connectivity index (χ4v) is 3.22. The lowest BCUT2D eigenvalue weighted by atomic mass is 9.70. The Kier molecular flexibility index (Phi) is 3.02. The molecule has 3 rings (SSSR count). The molecule has 1 aliphatic carbocycles. The molecule has 2 aliphatic rings. The predicted octanol–water partition coefficient (Wildman–Crippen LogP) is 3.37. The Morgan fingerprint density at radius 1 is 1.50 bits per heavy atom. The fraction of sp³-hybridized carbons (Fsp3) is 0.667. The molecule has 1 saturated heterocycles. The fourth-order valence-electron chi connectivity index (χ4n) is 3.22. The van der Waals surface area contributed by atoms with Gasteiger partial charge in [0.05, 0.1) is 17.4 Å². The van der Waals surface area contributed by atoms with E-state index in [-0.39, 0.29) is 17.3 Å². The Labute approximate surface area is 108 Å². The van der Waals surface area contributed by atoms with Crippen molar-refractivity contribution in [3.8, 4) is 0 Å². The third-order valence-electron chi connectivity index (χ3n) is 4.46. The van der Waals surface area contributed by atoms with Crippen LogP contribution in [0.5, 0.6) is 0 Å². The summed E-state index contributed by atoms with van der Waals surface area (Å²) in [5.41, 5.74) is 0.827. The van der Waals surface area contributed by atoms with Crippen LogP contribution < -0.4 is 0 Å². The van der Waals surface area contributed by atoms with E-state index < -0.39 is 0 Å². The Hall–Kier alpha value is -1.09. The van der Waals surface area contributed by atoms with Gasteiger partial charge in [0.2, 0.25) is 0 Å². The summed E-state index contributed by atoms with van der Waals surface area (Å²) >= 11 is 0. The van der Waals surface area contributed by atoms with E-state index in [0.29, 0.717) is 0 Å². The first-order valence-electron chi connectivity index (χ1n) is 6.99. The third-order valence-corrected chi connectivity index (χ3v) is 4.46. The lowest BCUT2D eigenvalue weighted by Crippen LogP contribution is -2.47. The van der Waals surface area contributed by atoms with E-state index in [0.717, 1.165) is 50.0 Å². The Bertz CT molecular complexity index is 442. The molecule has 1 spiro atoms. The lowest BCUT2D eigenvalue weighted by Gasteiger charge is -2.46. The molecule has 0 amide bonds. The average molecular weight is 248 g/mol. The molecular weight excluding hydrogens is 228 g/mol.